The number of allylic oxidation sites excluding steroid dienone is 1. The van der Waals surface area contributed by atoms with Crippen LogP contribution in [-0.2, 0) is 0 Å². The fraction of sp³-hybridized carbons (Fsp3) is 0.867. The van der Waals surface area contributed by atoms with Gasteiger partial charge in [-0.25, -0.2) is 0 Å². The molecule has 0 saturated carbocycles. The van der Waals surface area contributed by atoms with Crippen LogP contribution in [0.15, 0.2) is 11.6 Å². The lowest BCUT2D eigenvalue weighted by atomic mass is 10.0. The maximum atomic E-state index is 5.57. The van der Waals surface area contributed by atoms with Crippen LogP contribution < -0.4 is 5.73 Å². The van der Waals surface area contributed by atoms with Crippen LogP contribution in [0.2, 0.25) is 23.2 Å². The first kappa shape index (κ1) is 16.9. The van der Waals surface area contributed by atoms with Gasteiger partial charge in [-0.3, -0.25) is 0 Å². The van der Waals surface area contributed by atoms with Gasteiger partial charge in [-0.05, 0) is 31.3 Å². The van der Waals surface area contributed by atoms with E-state index in [0.717, 1.165) is 13.0 Å². The fourth-order valence-electron chi connectivity index (χ4n) is 3.47. The molecule has 0 bridgehead atoms. The molecule has 0 aliphatic carbocycles. The lowest BCUT2D eigenvalue weighted by molar-refractivity contribution is 0.617. The fourth-order valence-corrected chi connectivity index (χ4v) is 8.50. The lowest BCUT2D eigenvalue weighted by Crippen LogP contribution is -2.43. The number of rotatable bonds is 8. The highest BCUT2D eigenvalue weighted by atomic mass is 28.3. The normalized spacial score (nSPS) is 14.2. The van der Waals surface area contributed by atoms with Crippen molar-refractivity contribution in [3.05, 3.63) is 11.6 Å². The molecule has 0 unspecified atom stereocenters. The van der Waals surface area contributed by atoms with Crippen LogP contribution in [0, 0.1) is 0 Å². The summed E-state index contributed by atoms with van der Waals surface area (Å²) in [7, 11) is -1.12. The van der Waals surface area contributed by atoms with E-state index in [2.05, 4.69) is 47.6 Å². The molecule has 0 amide bonds. The van der Waals surface area contributed by atoms with Gasteiger partial charge in [0.2, 0.25) is 0 Å². The van der Waals surface area contributed by atoms with E-state index >= 15 is 0 Å². The molecule has 0 saturated heterocycles. The Morgan fingerprint density at radius 3 is 1.94 bits per heavy atom. The molecule has 0 radical (unpaired) electrons. The molecule has 0 aromatic rings. The van der Waals surface area contributed by atoms with E-state index in [-0.39, 0.29) is 0 Å². The third kappa shape index (κ3) is 4.25. The van der Waals surface area contributed by atoms with Crippen LogP contribution in [0.25, 0.3) is 0 Å². The van der Waals surface area contributed by atoms with Crippen LogP contribution in [0.5, 0.6) is 0 Å². The standard InChI is InChI=1S/C15H33NSi/c1-7-17(8-2,9-3)15(5,6)13-14(4)11-10-12-16/h11H,7-10,12-13,16H2,1-6H3. The van der Waals surface area contributed by atoms with Crippen molar-refractivity contribution in [1.29, 1.82) is 0 Å². The molecule has 0 aromatic heterocycles. The van der Waals surface area contributed by atoms with Gasteiger partial charge in [0.25, 0.3) is 0 Å². The number of hydrogen-bond donors (Lipinski definition) is 1. The molecule has 17 heavy (non-hydrogen) atoms. The summed E-state index contributed by atoms with van der Waals surface area (Å²) in [5.74, 6) is 0. The average molecular weight is 256 g/mol. The molecule has 0 aliphatic rings. The summed E-state index contributed by atoms with van der Waals surface area (Å²) in [6.07, 6.45) is 4.62. The summed E-state index contributed by atoms with van der Waals surface area (Å²) >= 11 is 0. The molecule has 0 heterocycles. The van der Waals surface area contributed by atoms with E-state index in [9.17, 15) is 0 Å². The summed E-state index contributed by atoms with van der Waals surface area (Å²) in [4.78, 5) is 0. The summed E-state index contributed by atoms with van der Waals surface area (Å²) in [5.41, 5.74) is 7.10. The minimum absolute atomic E-state index is 0.514. The first-order valence-electron chi connectivity index (χ1n) is 7.24. The molecule has 2 heteroatoms. The molecule has 0 atom stereocenters. The Morgan fingerprint density at radius 2 is 1.59 bits per heavy atom. The third-order valence-corrected chi connectivity index (χ3v) is 12.0. The van der Waals surface area contributed by atoms with Gasteiger partial charge in [0, 0.05) is 0 Å². The average Bonchev–Trinajstić information content (AvgIpc) is 2.28. The van der Waals surface area contributed by atoms with E-state index in [1.807, 2.05) is 0 Å². The van der Waals surface area contributed by atoms with E-state index in [0.29, 0.717) is 5.04 Å². The quantitative estimate of drug-likeness (QED) is 0.481. The zero-order valence-electron chi connectivity index (χ0n) is 12.9. The first-order valence-corrected chi connectivity index (χ1v) is 9.87. The molecule has 2 N–H and O–H groups in total. The Morgan fingerprint density at radius 1 is 1.12 bits per heavy atom. The summed E-state index contributed by atoms with van der Waals surface area (Å²) in [6.45, 7) is 15.2. The molecule has 0 spiro atoms. The molecule has 102 valence electrons. The maximum Gasteiger partial charge on any atom is 0.0587 e. The zero-order chi connectivity index (χ0) is 13.5. The van der Waals surface area contributed by atoms with E-state index < -0.39 is 8.07 Å². The van der Waals surface area contributed by atoms with Gasteiger partial charge in [-0.15, -0.1) is 0 Å². The molecule has 0 aromatic carbocycles. The minimum Gasteiger partial charge on any atom is -0.330 e. The van der Waals surface area contributed by atoms with Gasteiger partial charge < -0.3 is 5.73 Å². The van der Waals surface area contributed by atoms with Gasteiger partial charge in [0.1, 0.15) is 0 Å². The number of hydrogen-bond acceptors (Lipinski definition) is 1. The molecule has 1 nitrogen and oxygen atoms in total. The van der Waals surface area contributed by atoms with Crippen molar-refractivity contribution in [2.45, 2.75) is 77.6 Å². The monoisotopic (exact) mass is 255 g/mol. The van der Waals surface area contributed by atoms with Crippen molar-refractivity contribution in [2.75, 3.05) is 6.54 Å². The highest BCUT2D eigenvalue weighted by Gasteiger charge is 2.42. The van der Waals surface area contributed by atoms with Crippen molar-refractivity contribution in [3.8, 4) is 0 Å². The second-order valence-electron chi connectivity index (χ2n) is 6.03. The summed E-state index contributed by atoms with van der Waals surface area (Å²) < 4.78 is 0. The molecule has 0 rings (SSSR count). The maximum absolute atomic E-state index is 5.57. The second-order valence-corrected chi connectivity index (χ2v) is 12.1. The largest absolute Gasteiger partial charge is 0.330 e. The van der Waals surface area contributed by atoms with E-state index in [1.165, 1.54) is 30.1 Å². The van der Waals surface area contributed by atoms with Crippen molar-refractivity contribution >= 4 is 8.07 Å². The second kappa shape index (κ2) is 7.37. The van der Waals surface area contributed by atoms with Crippen molar-refractivity contribution in [2.24, 2.45) is 5.73 Å². The molecular weight excluding hydrogens is 222 g/mol. The Labute approximate surface area is 110 Å². The molecular formula is C15H33NSi. The summed E-state index contributed by atoms with van der Waals surface area (Å²) in [5, 5.41) is 0.514. The topological polar surface area (TPSA) is 26.0 Å². The van der Waals surface area contributed by atoms with Crippen molar-refractivity contribution in [1.82, 2.24) is 0 Å². The lowest BCUT2D eigenvalue weighted by Gasteiger charge is -2.44. The number of nitrogens with two attached hydrogens (primary N) is 1. The highest BCUT2D eigenvalue weighted by molar-refractivity contribution is 6.82. The molecule has 0 aliphatic heterocycles. The first-order chi connectivity index (χ1) is 7.89. The highest BCUT2D eigenvalue weighted by Crippen LogP contribution is 2.48. The van der Waals surface area contributed by atoms with Gasteiger partial charge in [0.05, 0.1) is 8.07 Å². The van der Waals surface area contributed by atoms with E-state index in [4.69, 9.17) is 5.73 Å². The minimum atomic E-state index is -1.12. The van der Waals surface area contributed by atoms with Crippen LogP contribution in [-0.4, -0.2) is 14.6 Å². The van der Waals surface area contributed by atoms with E-state index in [1.54, 1.807) is 0 Å². The van der Waals surface area contributed by atoms with Crippen LogP contribution in [0.4, 0.5) is 0 Å². The third-order valence-electron chi connectivity index (χ3n) is 4.85. The van der Waals surface area contributed by atoms with Crippen molar-refractivity contribution in [3.63, 3.8) is 0 Å². The van der Waals surface area contributed by atoms with Gasteiger partial charge >= 0.3 is 0 Å². The van der Waals surface area contributed by atoms with Gasteiger partial charge in [-0.1, -0.05) is 64.4 Å². The van der Waals surface area contributed by atoms with Crippen LogP contribution in [0.3, 0.4) is 0 Å². The predicted molar refractivity (Wildman–Crippen MR) is 83.3 cm³/mol. The van der Waals surface area contributed by atoms with Gasteiger partial charge in [-0.2, -0.15) is 0 Å². The Hall–Kier alpha value is -0.0831. The van der Waals surface area contributed by atoms with Gasteiger partial charge in [0.15, 0.2) is 0 Å². The smallest absolute Gasteiger partial charge is 0.0587 e. The van der Waals surface area contributed by atoms with Crippen molar-refractivity contribution < 1.29 is 0 Å². The van der Waals surface area contributed by atoms with Crippen LogP contribution >= 0.6 is 0 Å². The summed E-state index contributed by atoms with van der Waals surface area (Å²) in [6, 6.07) is 4.24. The predicted octanol–water partition coefficient (Wildman–Crippen LogP) is 4.96. The Bertz CT molecular complexity index is 231. The molecule has 0 fully saturated rings. The SMILES string of the molecule is CC[Si](CC)(CC)C(C)(C)CC(C)=CCCN. The Balaban J connectivity index is 4.85. The van der Waals surface area contributed by atoms with Crippen LogP contribution in [0.1, 0.15) is 54.4 Å². The Kier molecular flexibility index (Phi) is 7.34. The zero-order valence-corrected chi connectivity index (χ0v) is 13.9.